The molecule has 0 spiro atoms. The molecule has 21 heavy (non-hydrogen) atoms. The SMILES string of the molecule is CC(C)Oc1cc(N(CC2CCNCC2)C2CC2)ncn1. The third-order valence-electron chi connectivity index (χ3n) is 4.18. The average Bonchev–Trinajstić information content (AvgIpc) is 3.30. The summed E-state index contributed by atoms with van der Waals surface area (Å²) in [4.78, 5) is 11.2. The van der Waals surface area contributed by atoms with Crippen molar-refractivity contribution in [1.82, 2.24) is 15.3 Å². The minimum absolute atomic E-state index is 0.145. The van der Waals surface area contributed by atoms with E-state index in [1.807, 2.05) is 19.9 Å². The number of nitrogens with one attached hydrogen (secondary N) is 1. The first-order chi connectivity index (χ1) is 10.2. The summed E-state index contributed by atoms with van der Waals surface area (Å²) in [5.74, 6) is 2.49. The van der Waals surface area contributed by atoms with Crippen molar-refractivity contribution in [3.63, 3.8) is 0 Å². The molecule has 0 amide bonds. The van der Waals surface area contributed by atoms with E-state index >= 15 is 0 Å². The minimum Gasteiger partial charge on any atom is -0.475 e. The maximum Gasteiger partial charge on any atom is 0.218 e. The van der Waals surface area contributed by atoms with Gasteiger partial charge >= 0.3 is 0 Å². The number of anilines is 1. The average molecular weight is 290 g/mol. The molecule has 1 N–H and O–H groups in total. The van der Waals surface area contributed by atoms with E-state index < -0.39 is 0 Å². The summed E-state index contributed by atoms with van der Waals surface area (Å²) >= 11 is 0. The van der Waals surface area contributed by atoms with Crippen molar-refractivity contribution in [1.29, 1.82) is 0 Å². The first kappa shape index (κ1) is 14.6. The molecule has 0 aromatic carbocycles. The number of rotatable bonds is 6. The third kappa shape index (κ3) is 4.06. The fourth-order valence-corrected chi connectivity index (χ4v) is 2.95. The Hall–Kier alpha value is -1.36. The second kappa shape index (κ2) is 6.60. The molecule has 1 aliphatic heterocycles. The molecule has 1 aliphatic carbocycles. The highest BCUT2D eigenvalue weighted by molar-refractivity contribution is 5.43. The van der Waals surface area contributed by atoms with E-state index in [0.29, 0.717) is 11.9 Å². The highest BCUT2D eigenvalue weighted by atomic mass is 16.5. The molecular weight excluding hydrogens is 264 g/mol. The van der Waals surface area contributed by atoms with E-state index in [-0.39, 0.29) is 6.10 Å². The van der Waals surface area contributed by atoms with Crippen LogP contribution in [0.5, 0.6) is 5.88 Å². The molecule has 116 valence electrons. The van der Waals surface area contributed by atoms with Crippen LogP contribution in [0.4, 0.5) is 5.82 Å². The molecular formula is C16H26N4O. The summed E-state index contributed by atoms with van der Waals surface area (Å²) in [6.07, 6.45) is 6.88. The number of ether oxygens (including phenoxy) is 1. The molecule has 0 bridgehead atoms. The summed E-state index contributed by atoms with van der Waals surface area (Å²) in [6, 6.07) is 2.67. The predicted molar refractivity (Wildman–Crippen MR) is 83.8 cm³/mol. The highest BCUT2D eigenvalue weighted by Crippen LogP contribution is 2.33. The second-order valence-corrected chi connectivity index (χ2v) is 6.46. The largest absolute Gasteiger partial charge is 0.475 e. The van der Waals surface area contributed by atoms with Gasteiger partial charge in [0.15, 0.2) is 0 Å². The zero-order chi connectivity index (χ0) is 14.7. The van der Waals surface area contributed by atoms with Gasteiger partial charge in [-0.3, -0.25) is 0 Å². The Kier molecular flexibility index (Phi) is 4.58. The van der Waals surface area contributed by atoms with Gasteiger partial charge in [0.25, 0.3) is 0 Å². The maximum atomic E-state index is 5.71. The molecule has 3 rings (SSSR count). The molecule has 1 aromatic heterocycles. The lowest BCUT2D eigenvalue weighted by atomic mass is 9.97. The number of piperidine rings is 1. The maximum absolute atomic E-state index is 5.71. The van der Waals surface area contributed by atoms with Crippen molar-refractivity contribution in [2.75, 3.05) is 24.5 Å². The first-order valence-electron chi connectivity index (χ1n) is 8.18. The summed E-state index contributed by atoms with van der Waals surface area (Å²) in [5, 5.41) is 3.44. The Morgan fingerprint density at radius 3 is 2.67 bits per heavy atom. The van der Waals surface area contributed by atoms with E-state index in [4.69, 9.17) is 4.74 Å². The lowest BCUT2D eigenvalue weighted by molar-refractivity contribution is 0.232. The standard InChI is InChI=1S/C16H26N4O/c1-12(2)21-16-9-15(18-11-19-16)20(14-3-4-14)10-13-5-7-17-8-6-13/h9,11-14,17H,3-8,10H2,1-2H3. The van der Waals surface area contributed by atoms with Gasteiger partial charge < -0.3 is 15.0 Å². The zero-order valence-electron chi connectivity index (χ0n) is 13.1. The van der Waals surface area contributed by atoms with Crippen LogP contribution in [0.25, 0.3) is 0 Å². The topological polar surface area (TPSA) is 50.3 Å². The monoisotopic (exact) mass is 290 g/mol. The van der Waals surface area contributed by atoms with Crippen molar-refractivity contribution in [2.24, 2.45) is 5.92 Å². The minimum atomic E-state index is 0.145. The van der Waals surface area contributed by atoms with Crippen LogP contribution in [0.2, 0.25) is 0 Å². The van der Waals surface area contributed by atoms with Crippen LogP contribution in [0.3, 0.4) is 0 Å². The number of hydrogen-bond acceptors (Lipinski definition) is 5. The van der Waals surface area contributed by atoms with Crippen molar-refractivity contribution < 1.29 is 4.74 Å². The van der Waals surface area contributed by atoms with Crippen molar-refractivity contribution >= 4 is 5.82 Å². The van der Waals surface area contributed by atoms with Crippen LogP contribution in [-0.2, 0) is 0 Å². The molecule has 0 atom stereocenters. The third-order valence-corrected chi connectivity index (χ3v) is 4.18. The summed E-state index contributed by atoms with van der Waals surface area (Å²) in [5.41, 5.74) is 0. The fourth-order valence-electron chi connectivity index (χ4n) is 2.95. The van der Waals surface area contributed by atoms with E-state index in [1.165, 1.54) is 25.7 Å². The molecule has 1 aromatic rings. The zero-order valence-corrected chi connectivity index (χ0v) is 13.1. The van der Waals surface area contributed by atoms with Crippen LogP contribution in [-0.4, -0.2) is 41.7 Å². The Morgan fingerprint density at radius 2 is 2.00 bits per heavy atom. The van der Waals surface area contributed by atoms with Crippen LogP contribution < -0.4 is 15.0 Å². The molecule has 5 nitrogen and oxygen atoms in total. The Balaban J connectivity index is 1.70. The van der Waals surface area contributed by atoms with E-state index in [0.717, 1.165) is 31.4 Å². The Morgan fingerprint density at radius 1 is 1.24 bits per heavy atom. The molecule has 1 saturated heterocycles. The van der Waals surface area contributed by atoms with Crippen LogP contribution >= 0.6 is 0 Å². The highest BCUT2D eigenvalue weighted by Gasteiger charge is 2.32. The molecule has 1 saturated carbocycles. The lowest BCUT2D eigenvalue weighted by Gasteiger charge is -2.31. The lowest BCUT2D eigenvalue weighted by Crippen LogP contribution is -2.37. The summed E-state index contributed by atoms with van der Waals surface area (Å²) in [7, 11) is 0. The normalized spacial score (nSPS) is 19.8. The van der Waals surface area contributed by atoms with E-state index in [2.05, 4.69) is 20.2 Å². The quantitative estimate of drug-likeness (QED) is 0.870. The van der Waals surface area contributed by atoms with Gasteiger partial charge in [0.2, 0.25) is 5.88 Å². The van der Waals surface area contributed by atoms with Crippen molar-refractivity contribution in [2.45, 2.75) is 51.7 Å². The number of nitrogens with zero attached hydrogens (tertiary/aromatic N) is 3. The molecule has 0 radical (unpaired) electrons. The Bertz CT molecular complexity index is 455. The van der Waals surface area contributed by atoms with Crippen molar-refractivity contribution in [3.05, 3.63) is 12.4 Å². The van der Waals surface area contributed by atoms with Gasteiger partial charge in [-0.05, 0) is 58.5 Å². The summed E-state index contributed by atoms with van der Waals surface area (Å²) in [6.45, 7) is 7.46. The number of hydrogen-bond donors (Lipinski definition) is 1. The van der Waals surface area contributed by atoms with Crippen LogP contribution in [0.1, 0.15) is 39.5 Å². The molecule has 5 heteroatoms. The van der Waals surface area contributed by atoms with Crippen LogP contribution in [0.15, 0.2) is 12.4 Å². The molecule has 2 heterocycles. The van der Waals surface area contributed by atoms with Crippen molar-refractivity contribution in [3.8, 4) is 5.88 Å². The first-order valence-corrected chi connectivity index (χ1v) is 8.18. The van der Waals surface area contributed by atoms with Crippen LogP contribution in [0, 0.1) is 5.92 Å². The summed E-state index contributed by atoms with van der Waals surface area (Å²) < 4.78 is 5.71. The molecule has 2 fully saturated rings. The predicted octanol–water partition coefficient (Wildman–Crippen LogP) is 2.23. The molecule has 0 unspecified atom stereocenters. The van der Waals surface area contributed by atoms with Gasteiger partial charge in [-0.15, -0.1) is 0 Å². The number of aromatic nitrogens is 2. The van der Waals surface area contributed by atoms with Gasteiger partial charge in [0.1, 0.15) is 12.1 Å². The Labute approximate surface area is 127 Å². The second-order valence-electron chi connectivity index (χ2n) is 6.46. The van der Waals surface area contributed by atoms with Gasteiger partial charge in [0, 0.05) is 18.7 Å². The molecule has 2 aliphatic rings. The van der Waals surface area contributed by atoms with E-state index in [1.54, 1.807) is 6.33 Å². The van der Waals surface area contributed by atoms with Gasteiger partial charge in [-0.1, -0.05) is 0 Å². The smallest absolute Gasteiger partial charge is 0.218 e. The van der Waals surface area contributed by atoms with Gasteiger partial charge in [0.05, 0.1) is 6.10 Å². The fraction of sp³-hybridized carbons (Fsp3) is 0.750. The van der Waals surface area contributed by atoms with E-state index in [9.17, 15) is 0 Å². The van der Waals surface area contributed by atoms with Gasteiger partial charge in [-0.25, -0.2) is 9.97 Å². The van der Waals surface area contributed by atoms with Gasteiger partial charge in [-0.2, -0.15) is 0 Å².